The van der Waals surface area contributed by atoms with Crippen molar-refractivity contribution in [1.82, 2.24) is 0 Å². The molecule has 0 N–H and O–H groups in total. The SMILES string of the molecule is CC1(C)C[C@]2(C)O[C@@H]2[C@]2(C1)N=NC(=Nc1ccccc1)O2. The van der Waals surface area contributed by atoms with Gasteiger partial charge >= 0.3 is 6.02 Å². The average molecular weight is 285 g/mol. The summed E-state index contributed by atoms with van der Waals surface area (Å²) < 4.78 is 11.9. The van der Waals surface area contributed by atoms with Gasteiger partial charge in [-0.15, -0.1) is 5.11 Å². The van der Waals surface area contributed by atoms with Gasteiger partial charge in [-0.3, -0.25) is 0 Å². The Labute approximate surface area is 124 Å². The Morgan fingerprint density at radius 2 is 1.90 bits per heavy atom. The van der Waals surface area contributed by atoms with Crippen LogP contribution in [-0.2, 0) is 9.47 Å². The topological polar surface area (TPSA) is 58.8 Å². The van der Waals surface area contributed by atoms with Gasteiger partial charge in [0.2, 0.25) is 0 Å². The Morgan fingerprint density at radius 1 is 1.14 bits per heavy atom. The lowest BCUT2D eigenvalue weighted by Gasteiger charge is -2.38. The maximum absolute atomic E-state index is 6.04. The van der Waals surface area contributed by atoms with Gasteiger partial charge in [0.25, 0.3) is 5.72 Å². The van der Waals surface area contributed by atoms with Crippen LogP contribution in [0.4, 0.5) is 5.69 Å². The molecule has 1 spiro atoms. The third-order valence-corrected chi connectivity index (χ3v) is 4.41. The number of epoxide rings is 1. The second-order valence-corrected chi connectivity index (χ2v) is 7.21. The minimum Gasteiger partial charge on any atom is -0.429 e. The predicted octanol–water partition coefficient (Wildman–Crippen LogP) is 3.83. The van der Waals surface area contributed by atoms with Gasteiger partial charge in [0.05, 0.1) is 11.3 Å². The van der Waals surface area contributed by atoms with Crippen molar-refractivity contribution in [3.05, 3.63) is 30.3 Å². The fraction of sp³-hybridized carbons (Fsp3) is 0.562. The van der Waals surface area contributed by atoms with E-state index in [0.29, 0.717) is 6.02 Å². The summed E-state index contributed by atoms with van der Waals surface area (Å²) in [7, 11) is 0. The zero-order valence-electron chi connectivity index (χ0n) is 12.5. The number of fused-ring (bicyclic) bond motifs is 2. The number of nitrogens with zero attached hydrogens (tertiary/aromatic N) is 3. The Bertz CT molecular complexity index is 637. The molecule has 3 aliphatic rings. The van der Waals surface area contributed by atoms with E-state index in [9.17, 15) is 0 Å². The number of para-hydroxylation sites is 1. The molecule has 21 heavy (non-hydrogen) atoms. The van der Waals surface area contributed by atoms with Gasteiger partial charge in [0, 0.05) is 6.42 Å². The lowest BCUT2D eigenvalue weighted by atomic mass is 9.69. The molecule has 5 heteroatoms. The first-order chi connectivity index (χ1) is 9.91. The van der Waals surface area contributed by atoms with E-state index in [2.05, 4.69) is 36.0 Å². The molecule has 1 aliphatic carbocycles. The number of azo groups is 1. The van der Waals surface area contributed by atoms with Crippen LogP contribution >= 0.6 is 0 Å². The molecule has 0 radical (unpaired) electrons. The molecule has 4 rings (SSSR count). The number of aliphatic imine (C=N–C) groups is 1. The van der Waals surface area contributed by atoms with E-state index in [-0.39, 0.29) is 17.1 Å². The number of amidine groups is 1. The lowest BCUT2D eigenvalue weighted by Crippen LogP contribution is -2.47. The van der Waals surface area contributed by atoms with Crippen molar-refractivity contribution in [3.8, 4) is 0 Å². The highest BCUT2D eigenvalue weighted by Crippen LogP contribution is 2.60. The van der Waals surface area contributed by atoms with Gasteiger partial charge in [-0.1, -0.05) is 37.2 Å². The molecular weight excluding hydrogens is 266 g/mol. The van der Waals surface area contributed by atoms with Gasteiger partial charge in [0.15, 0.2) is 0 Å². The Morgan fingerprint density at radius 3 is 2.67 bits per heavy atom. The second kappa shape index (κ2) is 3.91. The lowest BCUT2D eigenvalue weighted by molar-refractivity contribution is -0.00716. The minimum atomic E-state index is -0.690. The van der Waals surface area contributed by atoms with E-state index in [1.165, 1.54) is 0 Å². The van der Waals surface area contributed by atoms with Crippen LogP contribution in [0.1, 0.15) is 33.6 Å². The molecule has 0 unspecified atom stereocenters. The molecule has 5 nitrogen and oxygen atoms in total. The van der Waals surface area contributed by atoms with Crippen molar-refractivity contribution in [2.45, 2.75) is 51.0 Å². The highest BCUT2D eigenvalue weighted by atomic mass is 16.7. The first-order valence-corrected chi connectivity index (χ1v) is 7.34. The normalized spacial score (nSPS) is 41.1. The molecule has 0 aromatic heterocycles. The van der Waals surface area contributed by atoms with E-state index < -0.39 is 5.72 Å². The molecule has 2 heterocycles. The van der Waals surface area contributed by atoms with Crippen molar-refractivity contribution in [2.75, 3.05) is 0 Å². The van der Waals surface area contributed by atoms with Crippen LogP contribution in [0.15, 0.2) is 45.6 Å². The van der Waals surface area contributed by atoms with Gasteiger partial charge in [-0.2, -0.15) is 4.99 Å². The van der Waals surface area contributed by atoms with E-state index in [1.54, 1.807) is 0 Å². The zero-order chi connectivity index (χ0) is 14.7. The summed E-state index contributed by atoms with van der Waals surface area (Å²) in [6.07, 6.45) is 1.82. The number of ether oxygens (including phenoxy) is 2. The Hall–Kier alpha value is -1.75. The summed E-state index contributed by atoms with van der Waals surface area (Å²) in [5.74, 6) is 0. The molecule has 2 fully saturated rings. The van der Waals surface area contributed by atoms with Gasteiger partial charge in [-0.05, 0) is 30.9 Å². The van der Waals surface area contributed by atoms with Gasteiger partial charge in [-0.25, -0.2) is 0 Å². The summed E-state index contributed by atoms with van der Waals surface area (Å²) in [5, 5.41) is 8.57. The maximum atomic E-state index is 6.04. The first kappa shape index (κ1) is 13.0. The molecular formula is C16H19N3O2. The standard InChI is InChI=1S/C16H19N3O2/c1-14(2)9-15(3)12(20-15)16(10-14)19-18-13(21-16)17-11-7-5-4-6-8-11/h4-8,12H,9-10H2,1-3H3/t12-,15-,16+/m0/s1. The van der Waals surface area contributed by atoms with Crippen molar-refractivity contribution in [3.63, 3.8) is 0 Å². The fourth-order valence-corrected chi connectivity index (χ4v) is 3.89. The second-order valence-electron chi connectivity index (χ2n) is 7.21. The smallest absolute Gasteiger partial charge is 0.338 e. The van der Waals surface area contributed by atoms with Crippen LogP contribution in [0.25, 0.3) is 0 Å². The maximum Gasteiger partial charge on any atom is 0.338 e. The summed E-state index contributed by atoms with van der Waals surface area (Å²) in [4.78, 5) is 4.41. The predicted molar refractivity (Wildman–Crippen MR) is 78.5 cm³/mol. The van der Waals surface area contributed by atoms with E-state index >= 15 is 0 Å². The number of hydrogen-bond acceptors (Lipinski definition) is 4. The molecule has 110 valence electrons. The van der Waals surface area contributed by atoms with Crippen LogP contribution in [0, 0.1) is 5.41 Å². The molecule has 0 bridgehead atoms. The summed E-state index contributed by atoms with van der Waals surface area (Å²) in [6, 6.07) is 9.99. The molecule has 3 atom stereocenters. The molecule has 0 amide bonds. The first-order valence-electron chi connectivity index (χ1n) is 7.34. The van der Waals surface area contributed by atoms with E-state index in [1.807, 2.05) is 30.3 Å². The Kier molecular flexibility index (Phi) is 2.41. The summed E-state index contributed by atoms with van der Waals surface area (Å²) in [6.45, 7) is 6.58. The van der Waals surface area contributed by atoms with Crippen LogP contribution in [0.5, 0.6) is 0 Å². The molecule has 2 aliphatic heterocycles. The zero-order valence-corrected chi connectivity index (χ0v) is 12.5. The van der Waals surface area contributed by atoms with Crippen LogP contribution in [0.3, 0.4) is 0 Å². The number of benzene rings is 1. The van der Waals surface area contributed by atoms with Crippen LogP contribution < -0.4 is 0 Å². The van der Waals surface area contributed by atoms with Gasteiger partial charge < -0.3 is 9.47 Å². The largest absolute Gasteiger partial charge is 0.429 e. The fourth-order valence-electron chi connectivity index (χ4n) is 3.89. The Balaban J connectivity index is 1.62. The highest BCUT2D eigenvalue weighted by Gasteiger charge is 2.72. The van der Waals surface area contributed by atoms with Crippen molar-refractivity contribution >= 4 is 11.7 Å². The quantitative estimate of drug-likeness (QED) is 0.736. The molecule has 1 aromatic carbocycles. The van der Waals surface area contributed by atoms with Crippen molar-refractivity contribution in [2.24, 2.45) is 20.6 Å². The number of hydrogen-bond donors (Lipinski definition) is 0. The molecule has 1 aromatic rings. The summed E-state index contributed by atoms with van der Waals surface area (Å²) in [5.41, 5.74) is 0.105. The highest BCUT2D eigenvalue weighted by molar-refractivity contribution is 5.79. The van der Waals surface area contributed by atoms with Crippen molar-refractivity contribution < 1.29 is 9.47 Å². The monoisotopic (exact) mass is 285 g/mol. The average Bonchev–Trinajstić information content (AvgIpc) is 2.93. The van der Waals surface area contributed by atoms with Crippen LogP contribution in [0.2, 0.25) is 0 Å². The van der Waals surface area contributed by atoms with E-state index in [4.69, 9.17) is 9.47 Å². The molecule has 1 saturated heterocycles. The van der Waals surface area contributed by atoms with Crippen LogP contribution in [-0.4, -0.2) is 23.5 Å². The minimum absolute atomic E-state index is 0.00903. The third kappa shape index (κ3) is 2.07. The third-order valence-electron chi connectivity index (χ3n) is 4.41. The van der Waals surface area contributed by atoms with Gasteiger partial charge in [0.1, 0.15) is 6.10 Å². The van der Waals surface area contributed by atoms with Crippen molar-refractivity contribution in [1.29, 1.82) is 0 Å². The number of rotatable bonds is 1. The molecule has 1 saturated carbocycles. The van der Waals surface area contributed by atoms with E-state index in [0.717, 1.165) is 18.5 Å². The summed E-state index contributed by atoms with van der Waals surface area (Å²) >= 11 is 0.